The van der Waals surface area contributed by atoms with Gasteiger partial charge in [0.2, 0.25) is 0 Å². The molecule has 4 N–H and O–H groups in total. The average Bonchev–Trinajstić information content (AvgIpc) is 3.50. The number of H-pyrrole nitrogens is 2. The van der Waals surface area contributed by atoms with Gasteiger partial charge in [-0.2, -0.15) is 5.10 Å². The lowest BCUT2D eigenvalue weighted by Crippen LogP contribution is -2.06. The SMILES string of the molecule is CS(=O)(=O)CCc1cc(F)cc(-c2cccc3[nH]c(-c4n[nH]c5ccc(-c6cncc(N)c6)cc45)cc23)c1. The maximum atomic E-state index is 14.6. The zero-order valence-electron chi connectivity index (χ0n) is 20.5. The zero-order valence-corrected chi connectivity index (χ0v) is 21.3. The second-order valence-electron chi connectivity index (χ2n) is 9.52. The summed E-state index contributed by atoms with van der Waals surface area (Å²) < 4.78 is 37.8. The lowest BCUT2D eigenvalue weighted by molar-refractivity contribution is 0.600. The van der Waals surface area contributed by atoms with Crippen LogP contribution in [-0.2, 0) is 16.3 Å². The first-order chi connectivity index (χ1) is 18.2. The van der Waals surface area contributed by atoms with E-state index in [2.05, 4.69) is 26.2 Å². The standard InChI is InChI=1S/C29H24FN5O2S/c1-38(36,37)8-7-17-9-19(11-21(30)10-17)23-3-2-4-26-24(23)14-28(33-26)29-25-13-18(5-6-27(25)34-35-29)20-12-22(31)16-32-15-20/h2-6,9-16,33H,7-8,31H2,1H3,(H,34,35). The van der Waals surface area contributed by atoms with Crippen molar-refractivity contribution < 1.29 is 12.8 Å². The number of aromatic amines is 2. The first-order valence-corrected chi connectivity index (χ1v) is 14.1. The molecule has 3 aromatic heterocycles. The first kappa shape index (κ1) is 23.9. The Morgan fingerprint density at radius 2 is 1.76 bits per heavy atom. The number of rotatable bonds is 6. The molecule has 0 atom stereocenters. The third-order valence-corrected chi connectivity index (χ3v) is 7.55. The van der Waals surface area contributed by atoms with Crippen LogP contribution >= 0.6 is 0 Å². The molecule has 3 heterocycles. The molecule has 3 aromatic carbocycles. The van der Waals surface area contributed by atoms with Crippen LogP contribution in [0.1, 0.15) is 5.56 Å². The van der Waals surface area contributed by atoms with Crippen LogP contribution in [0.3, 0.4) is 0 Å². The number of nitrogens with two attached hydrogens (primary N) is 1. The highest BCUT2D eigenvalue weighted by atomic mass is 32.2. The van der Waals surface area contributed by atoms with E-state index in [1.54, 1.807) is 12.4 Å². The molecule has 0 radical (unpaired) electrons. The van der Waals surface area contributed by atoms with Crippen LogP contribution < -0.4 is 5.73 Å². The Balaban J connectivity index is 1.43. The number of nitrogen functional groups attached to an aromatic ring is 1. The van der Waals surface area contributed by atoms with Gasteiger partial charge in [-0.1, -0.05) is 24.3 Å². The number of halogens is 1. The molecule has 0 spiro atoms. The molecule has 6 aromatic rings. The fourth-order valence-electron chi connectivity index (χ4n) is 4.80. The maximum absolute atomic E-state index is 14.6. The summed E-state index contributed by atoms with van der Waals surface area (Å²) in [5.74, 6) is -0.436. The summed E-state index contributed by atoms with van der Waals surface area (Å²) in [6.07, 6.45) is 4.82. The number of benzene rings is 3. The number of nitrogens with one attached hydrogen (secondary N) is 2. The van der Waals surface area contributed by atoms with Gasteiger partial charge in [0.25, 0.3) is 0 Å². The van der Waals surface area contributed by atoms with Gasteiger partial charge < -0.3 is 10.7 Å². The molecular weight excluding hydrogens is 501 g/mol. The van der Waals surface area contributed by atoms with Crippen LogP contribution in [0.5, 0.6) is 0 Å². The van der Waals surface area contributed by atoms with Crippen molar-refractivity contribution in [2.75, 3.05) is 17.7 Å². The molecule has 9 heteroatoms. The number of hydrogen-bond acceptors (Lipinski definition) is 5. The van der Waals surface area contributed by atoms with Crippen molar-refractivity contribution in [2.24, 2.45) is 0 Å². The minimum absolute atomic E-state index is 0.0335. The molecule has 0 saturated carbocycles. The third-order valence-electron chi connectivity index (χ3n) is 6.60. The summed E-state index contributed by atoms with van der Waals surface area (Å²) >= 11 is 0. The minimum Gasteiger partial charge on any atom is -0.397 e. The maximum Gasteiger partial charge on any atom is 0.147 e. The Hall–Kier alpha value is -4.50. The Morgan fingerprint density at radius 3 is 2.58 bits per heavy atom. The summed E-state index contributed by atoms with van der Waals surface area (Å²) in [6.45, 7) is 0. The molecule has 0 saturated heterocycles. The first-order valence-electron chi connectivity index (χ1n) is 12.0. The molecule has 38 heavy (non-hydrogen) atoms. The van der Waals surface area contributed by atoms with Crippen molar-refractivity contribution in [3.8, 4) is 33.6 Å². The number of aryl methyl sites for hydroxylation is 1. The molecule has 0 amide bonds. The molecule has 0 bridgehead atoms. The van der Waals surface area contributed by atoms with E-state index >= 15 is 0 Å². The lowest BCUT2D eigenvalue weighted by Gasteiger charge is -2.08. The molecular formula is C29H24FN5O2S. The van der Waals surface area contributed by atoms with E-state index in [9.17, 15) is 12.8 Å². The fraction of sp³-hybridized carbons (Fsp3) is 0.103. The largest absolute Gasteiger partial charge is 0.397 e. The number of anilines is 1. The highest BCUT2D eigenvalue weighted by Gasteiger charge is 2.15. The van der Waals surface area contributed by atoms with Crippen LogP contribution in [0.25, 0.3) is 55.4 Å². The topological polar surface area (TPSA) is 118 Å². The number of hydrogen-bond donors (Lipinski definition) is 3. The zero-order chi connectivity index (χ0) is 26.4. The summed E-state index contributed by atoms with van der Waals surface area (Å²) in [5.41, 5.74) is 13.9. The number of pyridine rings is 1. The van der Waals surface area contributed by atoms with Crippen LogP contribution in [0.2, 0.25) is 0 Å². The van der Waals surface area contributed by atoms with E-state index in [0.717, 1.165) is 49.9 Å². The smallest absolute Gasteiger partial charge is 0.147 e. The minimum atomic E-state index is -3.16. The van der Waals surface area contributed by atoms with Crippen molar-refractivity contribution in [1.29, 1.82) is 0 Å². The van der Waals surface area contributed by atoms with Crippen molar-refractivity contribution in [1.82, 2.24) is 20.2 Å². The Kier molecular flexibility index (Phi) is 5.72. The van der Waals surface area contributed by atoms with Crippen molar-refractivity contribution in [2.45, 2.75) is 6.42 Å². The van der Waals surface area contributed by atoms with Gasteiger partial charge in [-0.05, 0) is 71.1 Å². The predicted molar refractivity (Wildman–Crippen MR) is 150 cm³/mol. The third kappa shape index (κ3) is 4.64. The van der Waals surface area contributed by atoms with Crippen LogP contribution in [0.4, 0.5) is 10.1 Å². The summed E-state index contributed by atoms with van der Waals surface area (Å²) in [5, 5.41) is 9.53. The normalized spacial score (nSPS) is 11.9. The molecule has 0 fully saturated rings. The molecule has 0 aliphatic carbocycles. The van der Waals surface area contributed by atoms with E-state index in [1.165, 1.54) is 18.4 Å². The number of aromatic nitrogens is 4. The van der Waals surface area contributed by atoms with E-state index in [-0.39, 0.29) is 12.2 Å². The van der Waals surface area contributed by atoms with Crippen LogP contribution in [-0.4, -0.2) is 40.6 Å². The summed E-state index contributed by atoms with van der Waals surface area (Å²) in [4.78, 5) is 7.66. The van der Waals surface area contributed by atoms with Crippen molar-refractivity contribution >= 4 is 37.3 Å². The Bertz CT molecular complexity index is 1940. The highest BCUT2D eigenvalue weighted by molar-refractivity contribution is 7.90. The molecule has 6 rings (SSSR count). The van der Waals surface area contributed by atoms with Gasteiger partial charge in [0.1, 0.15) is 21.3 Å². The van der Waals surface area contributed by atoms with E-state index < -0.39 is 15.7 Å². The lowest BCUT2D eigenvalue weighted by atomic mass is 9.98. The number of fused-ring (bicyclic) bond motifs is 2. The Morgan fingerprint density at radius 1 is 0.895 bits per heavy atom. The van der Waals surface area contributed by atoms with Gasteiger partial charge in [-0.25, -0.2) is 12.8 Å². The Labute approximate surface area is 218 Å². The van der Waals surface area contributed by atoms with Crippen LogP contribution in [0, 0.1) is 5.82 Å². The number of sulfone groups is 1. The van der Waals surface area contributed by atoms with Crippen molar-refractivity contribution in [3.05, 3.63) is 90.5 Å². The van der Waals surface area contributed by atoms with E-state index in [0.29, 0.717) is 16.8 Å². The van der Waals surface area contributed by atoms with Gasteiger partial charge in [-0.15, -0.1) is 0 Å². The second kappa shape index (κ2) is 9.11. The molecule has 0 aliphatic rings. The fourth-order valence-corrected chi connectivity index (χ4v) is 5.41. The second-order valence-corrected chi connectivity index (χ2v) is 11.8. The van der Waals surface area contributed by atoms with E-state index in [1.807, 2.05) is 48.5 Å². The van der Waals surface area contributed by atoms with Gasteiger partial charge in [0, 0.05) is 40.5 Å². The quantitative estimate of drug-likeness (QED) is 0.256. The molecule has 0 aliphatic heterocycles. The predicted octanol–water partition coefficient (Wildman–Crippen LogP) is 5.75. The van der Waals surface area contributed by atoms with Gasteiger partial charge in [0.15, 0.2) is 0 Å². The summed E-state index contributed by atoms with van der Waals surface area (Å²) in [7, 11) is -3.16. The molecule has 0 unspecified atom stereocenters. The summed E-state index contributed by atoms with van der Waals surface area (Å²) in [6, 6.07) is 20.4. The van der Waals surface area contributed by atoms with Gasteiger partial charge in [0.05, 0.1) is 22.7 Å². The van der Waals surface area contributed by atoms with Gasteiger partial charge in [-0.3, -0.25) is 10.1 Å². The average molecular weight is 526 g/mol. The van der Waals surface area contributed by atoms with Crippen molar-refractivity contribution in [3.63, 3.8) is 0 Å². The monoisotopic (exact) mass is 525 g/mol. The molecule has 190 valence electrons. The highest BCUT2D eigenvalue weighted by Crippen LogP contribution is 2.36. The number of nitrogens with zero attached hydrogens (tertiary/aromatic N) is 2. The van der Waals surface area contributed by atoms with Gasteiger partial charge >= 0.3 is 0 Å². The van der Waals surface area contributed by atoms with E-state index in [4.69, 9.17) is 5.73 Å². The van der Waals surface area contributed by atoms with Crippen LogP contribution in [0.15, 0.2) is 79.1 Å². The molecule has 7 nitrogen and oxygen atoms in total.